The van der Waals surface area contributed by atoms with Gasteiger partial charge in [0.15, 0.2) is 0 Å². The van der Waals surface area contributed by atoms with E-state index in [9.17, 15) is 18.0 Å². The Balaban J connectivity index is 1.83. The van der Waals surface area contributed by atoms with E-state index in [2.05, 4.69) is 5.32 Å². The number of alkyl halides is 3. The zero-order valence-corrected chi connectivity index (χ0v) is 16.4. The zero-order valence-electron chi connectivity index (χ0n) is 16.4. The molecular formula is C22H25F3N2O2. The van der Waals surface area contributed by atoms with Crippen molar-refractivity contribution in [2.45, 2.75) is 50.6 Å². The number of amides is 1. The molecule has 7 heteroatoms. The number of carbonyl (C=O) groups is 1. The van der Waals surface area contributed by atoms with Crippen LogP contribution in [0.3, 0.4) is 0 Å². The Bertz CT molecular complexity index is 870. The summed E-state index contributed by atoms with van der Waals surface area (Å²) in [5, 5.41) is 2.98. The van der Waals surface area contributed by atoms with Crippen LogP contribution in [0.15, 0.2) is 48.5 Å². The summed E-state index contributed by atoms with van der Waals surface area (Å²) in [5.41, 5.74) is 6.22. The number of hydrogen-bond acceptors (Lipinski definition) is 3. The maximum absolute atomic E-state index is 13.1. The molecule has 1 amide bonds. The van der Waals surface area contributed by atoms with Gasteiger partial charge in [-0.25, -0.2) is 0 Å². The molecule has 0 aliphatic carbocycles. The first kappa shape index (κ1) is 21.3. The standard InChI is InChI=1S/C22H25F3N2O2/c1-14-10-16(12-18(11-14)22(23,24)25)15(2)29-13-21(17-6-4-3-5-7-17)9-8-19(26)20(28)27-21/h3-7,10-12,15,19H,8-9,13,26H2,1-2H3,(H,27,28)/t15-,19?,21-/m1/s1. The minimum absolute atomic E-state index is 0.131. The first-order valence-corrected chi connectivity index (χ1v) is 9.54. The maximum atomic E-state index is 13.1. The van der Waals surface area contributed by atoms with Gasteiger partial charge in [0.1, 0.15) is 0 Å². The maximum Gasteiger partial charge on any atom is 0.416 e. The molecular weight excluding hydrogens is 381 g/mol. The van der Waals surface area contributed by atoms with Gasteiger partial charge in [-0.1, -0.05) is 42.0 Å². The van der Waals surface area contributed by atoms with Gasteiger partial charge in [-0.05, 0) is 49.9 Å². The lowest BCUT2D eigenvalue weighted by Gasteiger charge is -2.40. The molecule has 1 aliphatic rings. The Kier molecular flexibility index (Phi) is 6.00. The van der Waals surface area contributed by atoms with Crippen LogP contribution in [0, 0.1) is 6.92 Å². The Morgan fingerprint density at radius 1 is 1.24 bits per heavy atom. The first-order valence-electron chi connectivity index (χ1n) is 9.54. The Morgan fingerprint density at radius 2 is 1.93 bits per heavy atom. The highest BCUT2D eigenvalue weighted by molar-refractivity contribution is 5.83. The molecule has 3 atom stereocenters. The van der Waals surface area contributed by atoms with Crippen molar-refractivity contribution in [3.63, 3.8) is 0 Å². The number of carbonyl (C=O) groups excluding carboxylic acids is 1. The molecule has 1 saturated heterocycles. The summed E-state index contributed by atoms with van der Waals surface area (Å²) in [6.07, 6.45) is -3.91. The summed E-state index contributed by atoms with van der Waals surface area (Å²) in [6.45, 7) is 3.47. The normalized spacial score (nSPS) is 23.5. The number of benzene rings is 2. The van der Waals surface area contributed by atoms with Crippen molar-refractivity contribution in [1.29, 1.82) is 0 Å². The zero-order chi connectivity index (χ0) is 21.2. The van der Waals surface area contributed by atoms with Gasteiger partial charge in [-0.2, -0.15) is 13.2 Å². The number of rotatable bonds is 5. The molecule has 2 aromatic carbocycles. The van der Waals surface area contributed by atoms with E-state index in [0.29, 0.717) is 24.0 Å². The van der Waals surface area contributed by atoms with Gasteiger partial charge < -0.3 is 15.8 Å². The van der Waals surface area contributed by atoms with E-state index in [0.717, 1.165) is 17.7 Å². The third-order valence-electron chi connectivity index (χ3n) is 5.38. The highest BCUT2D eigenvalue weighted by atomic mass is 19.4. The van der Waals surface area contributed by atoms with Crippen molar-refractivity contribution >= 4 is 5.91 Å². The van der Waals surface area contributed by atoms with E-state index in [1.807, 2.05) is 30.3 Å². The molecule has 0 radical (unpaired) electrons. The summed E-state index contributed by atoms with van der Waals surface area (Å²) in [4.78, 5) is 12.3. The number of nitrogens with two attached hydrogens (primary N) is 1. The average molecular weight is 406 g/mol. The molecule has 0 aromatic heterocycles. The van der Waals surface area contributed by atoms with E-state index >= 15 is 0 Å². The second-order valence-corrected chi connectivity index (χ2v) is 7.67. The fourth-order valence-corrected chi connectivity index (χ4v) is 3.66. The van der Waals surface area contributed by atoms with Crippen LogP contribution in [0.25, 0.3) is 0 Å². The van der Waals surface area contributed by atoms with Crippen molar-refractivity contribution in [3.05, 3.63) is 70.8 Å². The smallest absolute Gasteiger partial charge is 0.371 e. The van der Waals surface area contributed by atoms with E-state index in [1.54, 1.807) is 19.9 Å². The number of piperidine rings is 1. The summed E-state index contributed by atoms with van der Waals surface area (Å²) in [6, 6.07) is 12.8. The third kappa shape index (κ3) is 4.79. The predicted molar refractivity (Wildman–Crippen MR) is 104 cm³/mol. The van der Waals surface area contributed by atoms with Crippen LogP contribution in [-0.4, -0.2) is 18.6 Å². The Labute approximate surface area is 168 Å². The highest BCUT2D eigenvalue weighted by Gasteiger charge is 2.40. The molecule has 156 valence electrons. The number of ether oxygens (including phenoxy) is 1. The minimum Gasteiger partial charge on any atom is -0.371 e. The first-order chi connectivity index (χ1) is 13.6. The average Bonchev–Trinajstić information content (AvgIpc) is 2.68. The molecule has 3 rings (SSSR count). The Hall–Kier alpha value is -2.38. The summed E-state index contributed by atoms with van der Waals surface area (Å²) < 4.78 is 45.5. The van der Waals surface area contributed by atoms with Crippen LogP contribution >= 0.6 is 0 Å². The molecule has 0 spiro atoms. The van der Waals surface area contributed by atoms with E-state index < -0.39 is 29.4 Å². The number of halogens is 3. The fourth-order valence-electron chi connectivity index (χ4n) is 3.66. The van der Waals surface area contributed by atoms with Crippen molar-refractivity contribution in [1.82, 2.24) is 5.32 Å². The van der Waals surface area contributed by atoms with E-state index in [1.165, 1.54) is 0 Å². The number of hydrogen-bond donors (Lipinski definition) is 2. The lowest BCUT2D eigenvalue weighted by atomic mass is 9.81. The van der Waals surface area contributed by atoms with Crippen molar-refractivity contribution in [2.75, 3.05) is 6.61 Å². The van der Waals surface area contributed by atoms with Crippen LogP contribution in [-0.2, 0) is 21.2 Å². The van der Waals surface area contributed by atoms with Gasteiger partial charge in [0.05, 0.1) is 29.9 Å². The topological polar surface area (TPSA) is 64.3 Å². The van der Waals surface area contributed by atoms with Crippen molar-refractivity contribution in [3.8, 4) is 0 Å². The molecule has 0 bridgehead atoms. The highest BCUT2D eigenvalue weighted by Crippen LogP contribution is 2.35. The molecule has 0 saturated carbocycles. The van der Waals surface area contributed by atoms with Gasteiger partial charge >= 0.3 is 6.18 Å². The van der Waals surface area contributed by atoms with E-state index in [-0.39, 0.29) is 12.5 Å². The monoisotopic (exact) mass is 406 g/mol. The van der Waals surface area contributed by atoms with Gasteiger partial charge in [0, 0.05) is 0 Å². The molecule has 1 heterocycles. The van der Waals surface area contributed by atoms with Gasteiger partial charge in [-0.3, -0.25) is 4.79 Å². The van der Waals surface area contributed by atoms with Crippen LogP contribution < -0.4 is 11.1 Å². The molecule has 29 heavy (non-hydrogen) atoms. The molecule has 1 unspecified atom stereocenters. The summed E-state index contributed by atoms with van der Waals surface area (Å²) in [7, 11) is 0. The second kappa shape index (κ2) is 8.16. The van der Waals surface area contributed by atoms with E-state index in [4.69, 9.17) is 10.5 Å². The quantitative estimate of drug-likeness (QED) is 0.781. The fraction of sp³-hybridized carbons (Fsp3) is 0.409. The molecule has 1 aliphatic heterocycles. The summed E-state index contributed by atoms with van der Waals surface area (Å²) in [5.74, 6) is -0.258. The van der Waals surface area contributed by atoms with Gasteiger partial charge in [0.2, 0.25) is 5.91 Å². The molecule has 2 aromatic rings. The SMILES string of the molecule is Cc1cc([C@@H](C)OC[C@@]2(c3ccccc3)CCC(N)C(=O)N2)cc(C(F)(F)F)c1. The van der Waals surface area contributed by atoms with Crippen LogP contribution in [0.5, 0.6) is 0 Å². The largest absolute Gasteiger partial charge is 0.416 e. The van der Waals surface area contributed by atoms with Crippen molar-refractivity contribution < 1.29 is 22.7 Å². The minimum atomic E-state index is -4.42. The summed E-state index contributed by atoms with van der Waals surface area (Å²) >= 11 is 0. The molecule has 4 nitrogen and oxygen atoms in total. The van der Waals surface area contributed by atoms with Crippen molar-refractivity contribution in [2.24, 2.45) is 5.73 Å². The second-order valence-electron chi connectivity index (χ2n) is 7.67. The Morgan fingerprint density at radius 3 is 2.55 bits per heavy atom. The van der Waals surface area contributed by atoms with Crippen LogP contribution in [0.2, 0.25) is 0 Å². The van der Waals surface area contributed by atoms with Gasteiger partial charge in [0.25, 0.3) is 0 Å². The van der Waals surface area contributed by atoms with Crippen LogP contribution in [0.1, 0.15) is 48.1 Å². The van der Waals surface area contributed by atoms with Crippen LogP contribution in [0.4, 0.5) is 13.2 Å². The van der Waals surface area contributed by atoms with Gasteiger partial charge in [-0.15, -0.1) is 0 Å². The lowest BCUT2D eigenvalue weighted by Crippen LogP contribution is -2.58. The number of aryl methyl sites for hydroxylation is 1. The lowest BCUT2D eigenvalue weighted by molar-refractivity contribution is -0.137. The number of nitrogens with one attached hydrogen (secondary N) is 1. The molecule has 3 N–H and O–H groups in total. The predicted octanol–water partition coefficient (Wildman–Crippen LogP) is 4.22. The molecule has 1 fully saturated rings. The third-order valence-corrected chi connectivity index (χ3v) is 5.38.